The van der Waals surface area contributed by atoms with Crippen LogP contribution < -0.4 is 0 Å². The maximum Gasteiger partial charge on any atom is 0.325 e. The van der Waals surface area contributed by atoms with Crippen LogP contribution in [0, 0.1) is 0 Å². The van der Waals surface area contributed by atoms with Gasteiger partial charge in [-0.3, -0.25) is 9.59 Å². The third kappa shape index (κ3) is 3.33. The fourth-order valence-electron chi connectivity index (χ4n) is 0.942. The van der Waals surface area contributed by atoms with Crippen molar-refractivity contribution in [2.24, 2.45) is 0 Å². The van der Waals surface area contributed by atoms with E-state index in [1.807, 2.05) is 0 Å². The van der Waals surface area contributed by atoms with Gasteiger partial charge in [0.15, 0.2) is 5.82 Å². The number of tetrazole rings is 1. The molecule has 0 unspecified atom stereocenters. The van der Waals surface area contributed by atoms with Gasteiger partial charge in [-0.05, 0) is 17.4 Å². The topological polar surface area (TPSA) is 107 Å². The van der Waals surface area contributed by atoms with Crippen molar-refractivity contribution in [3.63, 3.8) is 0 Å². The molecule has 1 rings (SSSR count). The first kappa shape index (κ1) is 11.1. The highest BCUT2D eigenvalue weighted by Gasteiger charge is 2.13. The lowest BCUT2D eigenvalue weighted by atomic mass is 10.4. The van der Waals surface area contributed by atoms with Crippen LogP contribution in [0.15, 0.2) is 0 Å². The molecule has 8 heteroatoms. The smallest absolute Gasteiger partial charge is 0.325 e. The highest BCUT2D eigenvalue weighted by atomic mass is 16.5. The zero-order valence-electron chi connectivity index (χ0n) is 8.08. The first-order chi connectivity index (χ1) is 7.13. The van der Waals surface area contributed by atoms with E-state index < -0.39 is 11.9 Å². The third-order valence-corrected chi connectivity index (χ3v) is 1.50. The van der Waals surface area contributed by atoms with E-state index in [4.69, 9.17) is 5.11 Å². The molecule has 1 aromatic heterocycles. The Hall–Kier alpha value is -1.99. The predicted molar refractivity (Wildman–Crippen MR) is 45.8 cm³/mol. The first-order valence-electron chi connectivity index (χ1n) is 4.26. The van der Waals surface area contributed by atoms with Gasteiger partial charge in [-0.15, -0.1) is 5.10 Å². The fourth-order valence-corrected chi connectivity index (χ4v) is 0.942. The molecule has 1 N–H and O–H groups in total. The molecule has 0 aliphatic carbocycles. The minimum Gasteiger partial charge on any atom is -0.480 e. The van der Waals surface area contributed by atoms with E-state index in [1.54, 1.807) is 6.92 Å². The normalized spacial score (nSPS) is 9.93. The zero-order valence-corrected chi connectivity index (χ0v) is 8.08. The number of aliphatic carboxylic acids is 1. The Balaban J connectivity index is 2.64. The Labute approximate surface area is 84.8 Å². The van der Waals surface area contributed by atoms with E-state index in [0.29, 0.717) is 0 Å². The summed E-state index contributed by atoms with van der Waals surface area (Å²) in [6, 6.07) is 0. The molecule has 0 aliphatic rings. The van der Waals surface area contributed by atoms with Crippen molar-refractivity contribution >= 4 is 11.9 Å². The fraction of sp³-hybridized carbons (Fsp3) is 0.571. The number of hydrogen-bond donors (Lipinski definition) is 1. The first-order valence-corrected chi connectivity index (χ1v) is 4.26. The van der Waals surface area contributed by atoms with Gasteiger partial charge in [0.25, 0.3) is 0 Å². The molecule has 0 spiro atoms. The second kappa shape index (κ2) is 5.03. The van der Waals surface area contributed by atoms with Crippen LogP contribution >= 0.6 is 0 Å². The molecular weight excluding hydrogens is 204 g/mol. The van der Waals surface area contributed by atoms with Crippen molar-refractivity contribution in [3.8, 4) is 0 Å². The minimum atomic E-state index is -1.08. The van der Waals surface area contributed by atoms with Crippen LogP contribution in [0.5, 0.6) is 0 Å². The van der Waals surface area contributed by atoms with Crippen LogP contribution in [0.3, 0.4) is 0 Å². The SMILES string of the molecule is CCOC(=O)Cc1nnnn1CC(=O)O. The van der Waals surface area contributed by atoms with Crippen LogP contribution in [0.4, 0.5) is 0 Å². The predicted octanol–water partition coefficient (Wildman–Crippen LogP) is -1.14. The van der Waals surface area contributed by atoms with Crippen molar-refractivity contribution in [3.05, 3.63) is 5.82 Å². The molecule has 1 aromatic rings. The molecule has 1 heterocycles. The molecule has 82 valence electrons. The molecule has 0 amide bonds. The van der Waals surface area contributed by atoms with Crippen LogP contribution in [0.25, 0.3) is 0 Å². The largest absolute Gasteiger partial charge is 0.480 e. The van der Waals surface area contributed by atoms with E-state index in [0.717, 1.165) is 4.68 Å². The second-order valence-electron chi connectivity index (χ2n) is 2.63. The van der Waals surface area contributed by atoms with Crippen molar-refractivity contribution < 1.29 is 19.4 Å². The molecule has 15 heavy (non-hydrogen) atoms. The number of esters is 1. The van der Waals surface area contributed by atoms with Crippen molar-refractivity contribution in [1.29, 1.82) is 0 Å². The maximum atomic E-state index is 11.1. The Morgan fingerprint density at radius 3 is 2.87 bits per heavy atom. The summed E-state index contributed by atoms with van der Waals surface area (Å²) < 4.78 is 5.72. The van der Waals surface area contributed by atoms with Gasteiger partial charge in [-0.25, -0.2) is 4.68 Å². The minimum absolute atomic E-state index is 0.131. The van der Waals surface area contributed by atoms with Gasteiger partial charge in [0.2, 0.25) is 0 Å². The van der Waals surface area contributed by atoms with Gasteiger partial charge in [0.05, 0.1) is 6.61 Å². The number of rotatable bonds is 5. The Morgan fingerprint density at radius 1 is 1.53 bits per heavy atom. The molecule has 0 bridgehead atoms. The van der Waals surface area contributed by atoms with Crippen molar-refractivity contribution in [1.82, 2.24) is 20.2 Å². The van der Waals surface area contributed by atoms with Gasteiger partial charge in [-0.2, -0.15) is 0 Å². The van der Waals surface area contributed by atoms with Crippen LogP contribution in [-0.2, 0) is 27.3 Å². The maximum absolute atomic E-state index is 11.1. The number of aromatic nitrogens is 4. The highest BCUT2D eigenvalue weighted by Crippen LogP contribution is 1.95. The summed E-state index contributed by atoms with van der Waals surface area (Å²) in [4.78, 5) is 21.5. The highest BCUT2D eigenvalue weighted by molar-refractivity contribution is 5.71. The second-order valence-corrected chi connectivity index (χ2v) is 2.63. The Kier molecular flexibility index (Phi) is 3.72. The van der Waals surface area contributed by atoms with Gasteiger partial charge in [0, 0.05) is 0 Å². The van der Waals surface area contributed by atoms with E-state index in [1.165, 1.54) is 0 Å². The summed E-state index contributed by atoms with van der Waals surface area (Å²) >= 11 is 0. The van der Waals surface area contributed by atoms with E-state index >= 15 is 0 Å². The number of hydrogen-bond acceptors (Lipinski definition) is 6. The van der Waals surface area contributed by atoms with E-state index in [-0.39, 0.29) is 25.4 Å². The van der Waals surface area contributed by atoms with Crippen LogP contribution in [-0.4, -0.2) is 43.9 Å². The molecule has 0 saturated heterocycles. The average molecular weight is 214 g/mol. The number of carboxylic acid groups (broad SMARTS) is 1. The Bertz CT molecular complexity index is 362. The summed E-state index contributed by atoms with van der Waals surface area (Å²) in [5.74, 6) is -1.39. The van der Waals surface area contributed by atoms with Crippen molar-refractivity contribution in [2.75, 3.05) is 6.61 Å². The molecule has 0 fully saturated rings. The van der Waals surface area contributed by atoms with Crippen LogP contribution in [0.1, 0.15) is 12.7 Å². The monoisotopic (exact) mass is 214 g/mol. The number of nitrogens with zero attached hydrogens (tertiary/aromatic N) is 4. The zero-order chi connectivity index (χ0) is 11.3. The number of carbonyl (C=O) groups is 2. The summed E-state index contributed by atoms with van der Waals surface area (Å²) in [6.07, 6.45) is -0.131. The van der Waals surface area contributed by atoms with E-state index in [9.17, 15) is 9.59 Å². The summed E-state index contributed by atoms with van der Waals surface area (Å²) in [6.45, 7) is 1.57. The average Bonchev–Trinajstić information content (AvgIpc) is 2.52. The standard InChI is InChI=1S/C7H10N4O4/c1-2-15-7(14)3-5-8-9-10-11(5)4-6(12)13/h2-4H2,1H3,(H,12,13). The van der Waals surface area contributed by atoms with Crippen LogP contribution in [0.2, 0.25) is 0 Å². The van der Waals surface area contributed by atoms with Gasteiger partial charge >= 0.3 is 11.9 Å². The van der Waals surface area contributed by atoms with E-state index in [2.05, 4.69) is 20.3 Å². The Morgan fingerprint density at radius 2 is 2.27 bits per heavy atom. The summed E-state index contributed by atoms with van der Waals surface area (Å²) in [5.41, 5.74) is 0. The number of carbonyl (C=O) groups excluding carboxylic acids is 1. The molecule has 0 aliphatic heterocycles. The third-order valence-electron chi connectivity index (χ3n) is 1.50. The van der Waals surface area contributed by atoms with Gasteiger partial charge in [-0.1, -0.05) is 0 Å². The van der Waals surface area contributed by atoms with Gasteiger partial charge in [0.1, 0.15) is 13.0 Å². The summed E-state index contributed by atoms with van der Waals surface area (Å²) in [5, 5.41) is 18.8. The molecule has 0 aromatic carbocycles. The molecule has 8 nitrogen and oxygen atoms in total. The molecular formula is C7H10N4O4. The summed E-state index contributed by atoms with van der Waals surface area (Å²) in [7, 11) is 0. The lowest BCUT2D eigenvalue weighted by molar-refractivity contribution is -0.143. The molecule has 0 radical (unpaired) electrons. The lowest BCUT2D eigenvalue weighted by Crippen LogP contribution is -2.17. The van der Waals surface area contributed by atoms with Crippen molar-refractivity contribution in [2.45, 2.75) is 19.9 Å². The quantitative estimate of drug-likeness (QED) is 0.617. The lowest BCUT2D eigenvalue weighted by Gasteiger charge is -2.01. The molecule has 0 saturated carbocycles. The number of carboxylic acids is 1. The molecule has 0 atom stereocenters. The van der Waals surface area contributed by atoms with Gasteiger partial charge < -0.3 is 9.84 Å². The number of ether oxygens (including phenoxy) is 1.